The van der Waals surface area contributed by atoms with Crippen LogP contribution in [0, 0.1) is 6.92 Å². The van der Waals surface area contributed by atoms with Gasteiger partial charge in [0.05, 0.1) is 31.3 Å². The summed E-state index contributed by atoms with van der Waals surface area (Å²) < 4.78 is 18.6. The molecule has 0 saturated heterocycles. The van der Waals surface area contributed by atoms with E-state index in [9.17, 15) is 4.79 Å². The highest BCUT2D eigenvalue weighted by molar-refractivity contribution is 6.31. The van der Waals surface area contributed by atoms with Crippen molar-refractivity contribution >= 4 is 28.7 Å². The van der Waals surface area contributed by atoms with Crippen LogP contribution in [0.15, 0.2) is 88.8 Å². The lowest BCUT2D eigenvalue weighted by atomic mass is 9.96. The first-order valence-electron chi connectivity index (χ1n) is 13.6. The maximum absolute atomic E-state index is 13.8. The molecule has 0 fully saturated rings. The third kappa shape index (κ3) is 5.87. The van der Waals surface area contributed by atoms with Crippen LogP contribution in [-0.4, -0.2) is 30.1 Å². The average Bonchev–Trinajstić information content (AvgIpc) is 3.00. The molecule has 0 atom stereocenters. The molecule has 0 aliphatic heterocycles. The van der Waals surface area contributed by atoms with Crippen LogP contribution in [0.5, 0.6) is 17.2 Å². The van der Waals surface area contributed by atoms with E-state index in [1.165, 1.54) is 4.68 Å². The molecule has 4 aromatic carbocycles. The second kappa shape index (κ2) is 12.5. The van der Waals surface area contributed by atoms with Crippen LogP contribution in [0.3, 0.4) is 0 Å². The first kappa shape index (κ1) is 28.9. The monoisotopic (exact) mass is 581 g/mol. The fraction of sp³-hybridized carbons (Fsp3) is 0.206. The Morgan fingerprint density at radius 2 is 1.67 bits per heavy atom. The van der Waals surface area contributed by atoms with Gasteiger partial charge < -0.3 is 14.2 Å². The van der Waals surface area contributed by atoms with Crippen LogP contribution < -0.4 is 19.8 Å². The highest BCUT2D eigenvalue weighted by Gasteiger charge is 2.18. The molecule has 1 aromatic heterocycles. The highest BCUT2D eigenvalue weighted by Crippen LogP contribution is 2.34. The van der Waals surface area contributed by atoms with Crippen molar-refractivity contribution in [3.8, 4) is 28.6 Å². The number of rotatable bonds is 9. The van der Waals surface area contributed by atoms with E-state index in [0.29, 0.717) is 39.9 Å². The number of fused-ring (bicyclic) bond motifs is 1. The summed E-state index contributed by atoms with van der Waals surface area (Å²) >= 11 is 6.28. The Hall–Kier alpha value is -4.62. The predicted octanol–water partition coefficient (Wildman–Crippen LogP) is 7.63. The molecule has 7 nitrogen and oxygen atoms in total. The zero-order valence-electron chi connectivity index (χ0n) is 24.2. The van der Waals surface area contributed by atoms with Gasteiger partial charge in [0.25, 0.3) is 5.56 Å². The topological polar surface area (TPSA) is 74.9 Å². The van der Waals surface area contributed by atoms with E-state index in [4.69, 9.17) is 30.8 Å². The molecule has 0 bridgehead atoms. The van der Waals surface area contributed by atoms with E-state index in [1.54, 1.807) is 32.6 Å². The summed E-state index contributed by atoms with van der Waals surface area (Å²) in [5, 5.41) is 5.76. The molecule has 8 heteroatoms. The number of halogens is 1. The minimum Gasteiger partial charge on any atom is -0.496 e. The zero-order valence-corrected chi connectivity index (χ0v) is 25.0. The molecule has 42 heavy (non-hydrogen) atoms. The van der Waals surface area contributed by atoms with E-state index in [0.717, 1.165) is 33.6 Å². The smallest absolute Gasteiger partial charge is 0.282 e. The third-order valence-corrected chi connectivity index (χ3v) is 7.41. The van der Waals surface area contributed by atoms with E-state index in [2.05, 4.69) is 18.9 Å². The molecular formula is C34H32ClN3O4. The summed E-state index contributed by atoms with van der Waals surface area (Å²) in [6.45, 7) is 6.48. The second-order valence-electron chi connectivity index (χ2n) is 10.2. The van der Waals surface area contributed by atoms with Gasteiger partial charge in [0, 0.05) is 16.1 Å². The number of ether oxygens (including phenoxy) is 3. The molecule has 0 aliphatic rings. The van der Waals surface area contributed by atoms with Crippen molar-refractivity contribution in [2.45, 2.75) is 33.3 Å². The van der Waals surface area contributed by atoms with Crippen molar-refractivity contribution in [1.29, 1.82) is 0 Å². The molecule has 1 heterocycles. The lowest BCUT2D eigenvalue weighted by Gasteiger charge is -2.17. The van der Waals surface area contributed by atoms with Crippen molar-refractivity contribution in [2.75, 3.05) is 14.2 Å². The Morgan fingerprint density at radius 1 is 0.929 bits per heavy atom. The minimum atomic E-state index is -0.264. The number of methoxy groups -OCH3 is 2. The Bertz CT molecular complexity index is 1850. The molecule has 0 saturated carbocycles. The molecule has 0 aliphatic carbocycles. The zero-order chi connectivity index (χ0) is 29.8. The van der Waals surface area contributed by atoms with Crippen LogP contribution in [0.25, 0.3) is 22.3 Å². The standard InChI is InChI=1S/C34H32ClN3O4/c1-21(2)26-18-27(22(3)16-31(26)40-4)33-37-29-13-9-7-11-25(29)34(39)38(33)36-19-23-14-15-30(32(17-23)41-5)42-20-24-10-6-8-12-28(24)35/h6-19,21H,20H2,1-5H3. The Morgan fingerprint density at radius 3 is 2.40 bits per heavy atom. The average molecular weight is 582 g/mol. The number of nitrogens with zero attached hydrogens (tertiary/aromatic N) is 3. The summed E-state index contributed by atoms with van der Waals surface area (Å²) in [6.07, 6.45) is 1.62. The first-order valence-corrected chi connectivity index (χ1v) is 14.0. The lowest BCUT2D eigenvalue weighted by Crippen LogP contribution is -2.20. The summed E-state index contributed by atoms with van der Waals surface area (Å²) in [7, 11) is 3.24. The Labute approximate surface area is 250 Å². The predicted molar refractivity (Wildman–Crippen MR) is 169 cm³/mol. The minimum absolute atomic E-state index is 0.203. The number of aryl methyl sites for hydroxylation is 1. The van der Waals surface area contributed by atoms with Crippen molar-refractivity contribution in [3.63, 3.8) is 0 Å². The lowest BCUT2D eigenvalue weighted by molar-refractivity contribution is 0.284. The van der Waals surface area contributed by atoms with Crippen LogP contribution in [0.4, 0.5) is 0 Å². The van der Waals surface area contributed by atoms with Crippen LogP contribution in [-0.2, 0) is 6.61 Å². The maximum Gasteiger partial charge on any atom is 0.282 e. The largest absolute Gasteiger partial charge is 0.496 e. The molecule has 5 rings (SSSR count). The molecule has 0 unspecified atom stereocenters. The van der Waals surface area contributed by atoms with Gasteiger partial charge >= 0.3 is 0 Å². The molecule has 0 spiro atoms. The molecule has 5 aromatic rings. The van der Waals surface area contributed by atoms with Gasteiger partial charge in [-0.2, -0.15) is 9.78 Å². The van der Waals surface area contributed by atoms with Crippen molar-refractivity contribution in [1.82, 2.24) is 9.66 Å². The Balaban J connectivity index is 1.56. The van der Waals surface area contributed by atoms with E-state index < -0.39 is 0 Å². The molecular weight excluding hydrogens is 550 g/mol. The van der Waals surface area contributed by atoms with Gasteiger partial charge in [0.2, 0.25) is 0 Å². The number of aromatic nitrogens is 2. The quantitative estimate of drug-likeness (QED) is 0.167. The van der Waals surface area contributed by atoms with Crippen molar-refractivity contribution < 1.29 is 14.2 Å². The Kier molecular flexibility index (Phi) is 8.59. The number of benzene rings is 4. The van der Waals surface area contributed by atoms with E-state index >= 15 is 0 Å². The summed E-state index contributed by atoms with van der Waals surface area (Å²) in [5.41, 5.74) is 4.68. The normalized spacial score (nSPS) is 11.4. The third-order valence-electron chi connectivity index (χ3n) is 7.04. The van der Waals surface area contributed by atoms with Gasteiger partial charge in [0.1, 0.15) is 12.4 Å². The van der Waals surface area contributed by atoms with Crippen molar-refractivity contribution in [2.24, 2.45) is 5.10 Å². The molecule has 0 amide bonds. The van der Waals surface area contributed by atoms with Gasteiger partial charge in [-0.3, -0.25) is 4.79 Å². The van der Waals surface area contributed by atoms with Crippen molar-refractivity contribution in [3.05, 3.63) is 116 Å². The molecule has 214 valence electrons. The molecule has 0 radical (unpaired) electrons. The first-order chi connectivity index (χ1) is 20.3. The SMILES string of the molecule is COc1cc(C=Nn2c(-c3cc(C(C)C)c(OC)cc3C)nc3ccccc3c2=O)ccc1OCc1ccccc1Cl. The number of hydrogen-bond donors (Lipinski definition) is 0. The van der Waals surface area contributed by atoms with E-state index in [1.807, 2.05) is 73.7 Å². The van der Waals surface area contributed by atoms with Gasteiger partial charge in [-0.1, -0.05) is 55.8 Å². The maximum atomic E-state index is 13.8. The van der Waals surface area contributed by atoms with Gasteiger partial charge in [-0.25, -0.2) is 4.98 Å². The summed E-state index contributed by atoms with van der Waals surface area (Å²) in [4.78, 5) is 18.6. The van der Waals surface area contributed by atoms with Crippen LogP contribution >= 0.6 is 11.6 Å². The van der Waals surface area contributed by atoms with Crippen LogP contribution in [0.1, 0.15) is 42.0 Å². The van der Waals surface area contributed by atoms with Crippen LogP contribution in [0.2, 0.25) is 5.02 Å². The summed E-state index contributed by atoms with van der Waals surface area (Å²) in [5.74, 6) is 2.55. The van der Waals surface area contributed by atoms with Gasteiger partial charge in [-0.15, -0.1) is 0 Å². The fourth-order valence-electron chi connectivity index (χ4n) is 4.75. The fourth-order valence-corrected chi connectivity index (χ4v) is 4.94. The molecule has 0 N–H and O–H groups in total. The van der Waals surface area contributed by atoms with Gasteiger partial charge in [0.15, 0.2) is 17.3 Å². The number of hydrogen-bond acceptors (Lipinski definition) is 6. The second-order valence-corrected chi connectivity index (χ2v) is 10.6. The number of para-hydroxylation sites is 1. The van der Waals surface area contributed by atoms with E-state index in [-0.39, 0.29) is 11.5 Å². The van der Waals surface area contributed by atoms with Gasteiger partial charge in [-0.05, 0) is 78.1 Å². The highest BCUT2D eigenvalue weighted by atomic mass is 35.5. The summed E-state index contributed by atoms with van der Waals surface area (Å²) in [6, 6.07) is 24.3.